The summed E-state index contributed by atoms with van der Waals surface area (Å²) in [7, 11) is 0. The van der Waals surface area contributed by atoms with Crippen LogP contribution in [-0.4, -0.2) is 0 Å². The van der Waals surface area contributed by atoms with E-state index in [1.54, 1.807) is 5.56 Å². The van der Waals surface area contributed by atoms with E-state index >= 15 is 0 Å². The molecule has 1 nitrogen and oxygen atoms in total. The molecule has 276 valence electrons. The van der Waals surface area contributed by atoms with E-state index in [9.17, 15) is 0 Å². The van der Waals surface area contributed by atoms with Crippen molar-refractivity contribution in [2.45, 2.75) is 50.9 Å². The van der Waals surface area contributed by atoms with Crippen LogP contribution in [0.2, 0.25) is 0 Å². The van der Waals surface area contributed by atoms with Crippen LogP contribution in [0, 0.1) is 11.8 Å². The molecular weight excluding hydrogens is 687 g/mol. The van der Waals surface area contributed by atoms with Gasteiger partial charge in [0.05, 0.1) is 0 Å². The van der Waals surface area contributed by atoms with E-state index in [2.05, 4.69) is 201 Å². The van der Waals surface area contributed by atoms with Crippen molar-refractivity contribution in [3.8, 4) is 44.5 Å². The molecule has 0 spiro atoms. The summed E-state index contributed by atoms with van der Waals surface area (Å²) in [6, 6.07) is 68.0. The molecular formula is C56H47N. The minimum absolute atomic E-state index is 0.0878. The molecule has 2 bridgehead atoms. The molecule has 0 aromatic heterocycles. The van der Waals surface area contributed by atoms with Crippen molar-refractivity contribution in [1.82, 2.24) is 0 Å². The Kier molecular flexibility index (Phi) is 8.07. The molecule has 0 heterocycles. The fourth-order valence-corrected chi connectivity index (χ4v) is 11.0. The third kappa shape index (κ3) is 5.66. The predicted octanol–water partition coefficient (Wildman–Crippen LogP) is 15.5. The van der Waals surface area contributed by atoms with Gasteiger partial charge in [-0.05, 0) is 145 Å². The minimum atomic E-state index is -0.0878. The highest BCUT2D eigenvalue weighted by molar-refractivity contribution is 6.06. The highest BCUT2D eigenvalue weighted by atomic mass is 15.1. The van der Waals surface area contributed by atoms with Crippen LogP contribution in [0.1, 0.15) is 62.1 Å². The van der Waals surface area contributed by atoms with Gasteiger partial charge in [-0.3, -0.25) is 0 Å². The van der Waals surface area contributed by atoms with Crippen molar-refractivity contribution >= 4 is 27.8 Å². The summed E-state index contributed by atoms with van der Waals surface area (Å²) >= 11 is 0. The molecule has 3 atom stereocenters. The van der Waals surface area contributed by atoms with E-state index in [-0.39, 0.29) is 5.41 Å². The van der Waals surface area contributed by atoms with Gasteiger partial charge in [-0.25, -0.2) is 0 Å². The first-order chi connectivity index (χ1) is 28.0. The molecule has 11 rings (SSSR count). The molecule has 8 aromatic carbocycles. The number of fused-ring (bicyclic) bond motifs is 6. The molecule has 0 N–H and O–H groups in total. The van der Waals surface area contributed by atoms with Crippen LogP contribution in [0.4, 0.5) is 17.1 Å². The van der Waals surface area contributed by atoms with Gasteiger partial charge in [0.15, 0.2) is 0 Å². The van der Waals surface area contributed by atoms with Gasteiger partial charge in [0.25, 0.3) is 0 Å². The number of benzene rings is 8. The van der Waals surface area contributed by atoms with Gasteiger partial charge in [-0.2, -0.15) is 0 Å². The monoisotopic (exact) mass is 733 g/mol. The predicted molar refractivity (Wildman–Crippen MR) is 241 cm³/mol. The van der Waals surface area contributed by atoms with Crippen LogP contribution in [-0.2, 0) is 5.41 Å². The van der Waals surface area contributed by atoms with E-state index in [1.807, 2.05) is 0 Å². The number of hydrogen-bond donors (Lipinski definition) is 0. The normalized spacial score (nSPS) is 18.7. The Morgan fingerprint density at radius 3 is 1.67 bits per heavy atom. The summed E-state index contributed by atoms with van der Waals surface area (Å²) < 4.78 is 0. The van der Waals surface area contributed by atoms with Gasteiger partial charge in [0.2, 0.25) is 0 Å². The average Bonchev–Trinajstić information content (AvgIpc) is 3.97. The second kappa shape index (κ2) is 13.5. The summed E-state index contributed by atoms with van der Waals surface area (Å²) in [6.45, 7) is 4.74. The average molecular weight is 734 g/mol. The molecule has 3 unspecified atom stereocenters. The van der Waals surface area contributed by atoms with Crippen LogP contribution in [0.3, 0.4) is 0 Å². The Morgan fingerprint density at radius 1 is 0.439 bits per heavy atom. The molecule has 0 radical (unpaired) electrons. The third-order valence-corrected chi connectivity index (χ3v) is 13.8. The van der Waals surface area contributed by atoms with E-state index in [0.29, 0.717) is 5.92 Å². The van der Waals surface area contributed by atoms with E-state index in [1.165, 1.54) is 97.8 Å². The number of hydrogen-bond acceptors (Lipinski definition) is 1. The lowest BCUT2D eigenvalue weighted by molar-refractivity contribution is 0.420. The Labute approximate surface area is 337 Å². The molecule has 3 aliphatic rings. The first-order valence-electron chi connectivity index (χ1n) is 20.9. The molecule has 0 saturated heterocycles. The second-order valence-corrected chi connectivity index (χ2v) is 17.3. The minimum Gasteiger partial charge on any atom is -0.310 e. The van der Waals surface area contributed by atoms with E-state index < -0.39 is 0 Å². The first-order valence-corrected chi connectivity index (χ1v) is 20.9. The first kappa shape index (κ1) is 34.1. The summed E-state index contributed by atoms with van der Waals surface area (Å²) in [5.41, 5.74) is 18.1. The summed E-state index contributed by atoms with van der Waals surface area (Å²) in [5, 5.41) is 2.54. The van der Waals surface area contributed by atoms with Crippen molar-refractivity contribution in [2.24, 2.45) is 11.8 Å². The zero-order valence-corrected chi connectivity index (χ0v) is 32.8. The van der Waals surface area contributed by atoms with E-state index in [0.717, 1.165) is 23.2 Å². The lowest BCUT2D eigenvalue weighted by atomic mass is 9.80. The van der Waals surface area contributed by atoms with Crippen molar-refractivity contribution in [1.29, 1.82) is 0 Å². The lowest BCUT2D eigenvalue weighted by Crippen LogP contribution is -2.16. The maximum Gasteiger partial charge on any atom is 0.0465 e. The molecule has 3 aliphatic carbocycles. The van der Waals surface area contributed by atoms with Crippen LogP contribution in [0.15, 0.2) is 182 Å². The zero-order valence-electron chi connectivity index (χ0n) is 32.8. The van der Waals surface area contributed by atoms with Gasteiger partial charge in [-0.1, -0.05) is 166 Å². The standard InChI is InChI=1S/C56H47N/c1-56(2)53-21-9-8-18-50(53)51-33-32-45(36-54(51)56)57(43-28-24-39(25-29-43)46-16-6-7-17-49(46)52-35-37-22-23-42(52)34-37)44-30-26-40(27-31-44)48-20-11-15-41-14-10-19-47(55(41)48)38-12-4-3-5-13-38/h3-21,24-33,36-37,42,52H,22-23,34-35H2,1-2H3. The number of anilines is 3. The molecule has 0 aliphatic heterocycles. The lowest BCUT2D eigenvalue weighted by Gasteiger charge is -2.29. The summed E-state index contributed by atoms with van der Waals surface area (Å²) in [4.78, 5) is 2.45. The largest absolute Gasteiger partial charge is 0.310 e. The highest BCUT2D eigenvalue weighted by Gasteiger charge is 2.41. The van der Waals surface area contributed by atoms with Gasteiger partial charge in [-0.15, -0.1) is 0 Å². The maximum atomic E-state index is 2.45. The van der Waals surface area contributed by atoms with Gasteiger partial charge < -0.3 is 4.90 Å². The summed E-state index contributed by atoms with van der Waals surface area (Å²) in [6.07, 6.45) is 5.60. The Bertz CT molecular complexity index is 2770. The van der Waals surface area contributed by atoms with Crippen molar-refractivity contribution in [2.75, 3.05) is 4.90 Å². The topological polar surface area (TPSA) is 3.24 Å². The number of nitrogens with zero attached hydrogens (tertiary/aromatic N) is 1. The number of rotatable bonds is 7. The van der Waals surface area contributed by atoms with E-state index in [4.69, 9.17) is 0 Å². The van der Waals surface area contributed by atoms with Crippen LogP contribution < -0.4 is 4.90 Å². The molecule has 1 heteroatoms. The maximum absolute atomic E-state index is 2.45. The Balaban J connectivity index is 1.01. The fraction of sp³-hybridized carbons (Fsp3) is 0.179. The quantitative estimate of drug-likeness (QED) is 0.158. The molecule has 2 fully saturated rings. The smallest absolute Gasteiger partial charge is 0.0465 e. The summed E-state index contributed by atoms with van der Waals surface area (Å²) in [5.74, 6) is 2.47. The molecule has 2 saturated carbocycles. The third-order valence-electron chi connectivity index (χ3n) is 13.8. The molecule has 57 heavy (non-hydrogen) atoms. The SMILES string of the molecule is CC1(C)c2ccccc2-c2ccc(N(c3ccc(-c4ccccc4C4CC5CCC4C5)cc3)c3ccc(-c4cccc5cccc(-c6ccccc6)c45)cc3)cc21. The molecule has 8 aromatic rings. The van der Waals surface area contributed by atoms with Crippen LogP contribution in [0.5, 0.6) is 0 Å². The van der Waals surface area contributed by atoms with Crippen LogP contribution >= 0.6 is 0 Å². The zero-order chi connectivity index (χ0) is 38.1. The van der Waals surface area contributed by atoms with Crippen molar-refractivity contribution in [3.63, 3.8) is 0 Å². The van der Waals surface area contributed by atoms with Crippen LogP contribution in [0.25, 0.3) is 55.3 Å². The Hall–Kier alpha value is -6.18. The van der Waals surface area contributed by atoms with Crippen molar-refractivity contribution < 1.29 is 0 Å². The highest BCUT2D eigenvalue weighted by Crippen LogP contribution is 2.55. The Morgan fingerprint density at radius 2 is 1.00 bits per heavy atom. The van der Waals surface area contributed by atoms with Gasteiger partial charge >= 0.3 is 0 Å². The van der Waals surface area contributed by atoms with Gasteiger partial charge in [0, 0.05) is 22.5 Å². The van der Waals surface area contributed by atoms with Gasteiger partial charge in [0.1, 0.15) is 0 Å². The fourth-order valence-electron chi connectivity index (χ4n) is 11.0. The van der Waals surface area contributed by atoms with Crippen molar-refractivity contribution in [3.05, 3.63) is 199 Å². The second-order valence-electron chi connectivity index (χ2n) is 17.3. The molecule has 0 amide bonds.